The first kappa shape index (κ1) is 17.4. The van der Waals surface area contributed by atoms with Crippen LogP contribution < -0.4 is 10.6 Å². The van der Waals surface area contributed by atoms with Gasteiger partial charge in [-0.05, 0) is 47.9 Å². The zero-order valence-electron chi connectivity index (χ0n) is 13.3. The number of hydrogen-bond donors (Lipinski definition) is 3. The molecule has 128 valence electrons. The van der Waals surface area contributed by atoms with Crippen molar-refractivity contribution in [1.82, 2.24) is 0 Å². The monoisotopic (exact) mass is 400 g/mol. The Balaban J connectivity index is 1.67. The van der Waals surface area contributed by atoms with Gasteiger partial charge in [0.2, 0.25) is 11.8 Å². The molecule has 2 aromatic rings. The predicted octanol–water partition coefficient (Wildman–Crippen LogP) is 3.20. The van der Waals surface area contributed by atoms with Gasteiger partial charge in [-0.3, -0.25) is 9.59 Å². The van der Waals surface area contributed by atoms with E-state index in [1.807, 2.05) is 30.3 Å². The largest absolute Gasteiger partial charge is 0.396 e. The molecule has 1 heterocycles. The van der Waals surface area contributed by atoms with Crippen molar-refractivity contribution in [3.8, 4) is 0 Å². The van der Waals surface area contributed by atoms with Gasteiger partial charge in [-0.1, -0.05) is 34.1 Å². The Morgan fingerprint density at radius 2 is 2.04 bits per heavy atom. The zero-order valence-corrected chi connectivity index (χ0v) is 14.9. The lowest BCUT2D eigenvalue weighted by Gasteiger charge is -2.23. The van der Waals surface area contributed by atoms with E-state index in [9.17, 15) is 14.7 Å². The number of aliphatic hydroxyl groups is 1. The van der Waals surface area contributed by atoms with Gasteiger partial charge in [0.1, 0.15) is 0 Å². The van der Waals surface area contributed by atoms with Crippen molar-refractivity contribution < 1.29 is 14.7 Å². The number of anilines is 2. The van der Waals surface area contributed by atoms with Gasteiger partial charge in [0.15, 0.2) is 0 Å². The molecule has 3 N–H and O–H groups in total. The maximum atomic E-state index is 12.1. The molecule has 5 nitrogen and oxygen atoms in total. The lowest BCUT2D eigenvalue weighted by molar-refractivity contribution is -0.121. The third-order valence-electron chi connectivity index (χ3n) is 3.99. The number of carbonyl (C=O) groups is 2. The van der Waals surface area contributed by atoms with E-state index in [0.717, 1.165) is 15.6 Å². The van der Waals surface area contributed by atoms with E-state index < -0.39 is 5.92 Å². The number of amides is 2. The van der Waals surface area contributed by atoms with Gasteiger partial charge < -0.3 is 15.7 Å². The summed E-state index contributed by atoms with van der Waals surface area (Å²) in [6.45, 7) is -0.176. The Labute approximate surface area is 153 Å². The van der Waals surface area contributed by atoms with E-state index in [1.54, 1.807) is 18.2 Å². The summed E-state index contributed by atoms with van der Waals surface area (Å²) in [5, 5.41) is 14.7. The van der Waals surface area contributed by atoms with Crippen LogP contribution in [0.1, 0.15) is 11.1 Å². The molecule has 0 bridgehead atoms. The molecule has 2 amide bonds. The van der Waals surface area contributed by atoms with E-state index in [2.05, 4.69) is 26.6 Å². The molecular formula is C19H17BrN2O3. The predicted molar refractivity (Wildman–Crippen MR) is 101 cm³/mol. The quantitative estimate of drug-likeness (QED) is 0.689. The minimum absolute atomic E-state index is 0.176. The summed E-state index contributed by atoms with van der Waals surface area (Å²) in [5.41, 5.74) is 3.14. The number of hydrogen-bond acceptors (Lipinski definition) is 3. The van der Waals surface area contributed by atoms with E-state index in [-0.39, 0.29) is 18.4 Å². The summed E-state index contributed by atoms with van der Waals surface area (Å²) in [6, 6.07) is 13.0. The van der Waals surface area contributed by atoms with Crippen molar-refractivity contribution in [2.24, 2.45) is 5.92 Å². The maximum Gasteiger partial charge on any atom is 0.248 e. The van der Waals surface area contributed by atoms with Crippen LogP contribution in [0.5, 0.6) is 0 Å². The fourth-order valence-corrected chi connectivity index (χ4v) is 2.88. The highest BCUT2D eigenvalue weighted by atomic mass is 79.9. The standard InChI is InChI=1S/C19H17BrN2O3/c20-15-5-1-12(2-6-15)3-8-18(24)21-16-7-4-13-9-14(11-23)19(25)22-17(13)10-16/h1-8,10,14,23H,9,11H2,(H,21,24)(H,22,25)/b8-3+. The summed E-state index contributed by atoms with van der Waals surface area (Å²) in [4.78, 5) is 23.9. The van der Waals surface area contributed by atoms with Crippen LogP contribution in [-0.2, 0) is 16.0 Å². The van der Waals surface area contributed by atoms with Gasteiger partial charge in [0.25, 0.3) is 0 Å². The van der Waals surface area contributed by atoms with Crippen LogP contribution in [0, 0.1) is 5.92 Å². The van der Waals surface area contributed by atoms with Crippen molar-refractivity contribution >= 4 is 45.2 Å². The third kappa shape index (κ3) is 4.35. The van der Waals surface area contributed by atoms with Gasteiger partial charge in [-0.15, -0.1) is 0 Å². The van der Waals surface area contributed by atoms with E-state index in [1.165, 1.54) is 6.08 Å². The van der Waals surface area contributed by atoms with Gasteiger partial charge in [-0.2, -0.15) is 0 Å². The first-order valence-corrected chi connectivity index (χ1v) is 8.64. The molecule has 0 aromatic heterocycles. The molecule has 3 rings (SSSR count). The lowest BCUT2D eigenvalue weighted by Crippen LogP contribution is -2.32. The summed E-state index contributed by atoms with van der Waals surface area (Å²) >= 11 is 3.37. The van der Waals surface area contributed by atoms with Crippen molar-refractivity contribution in [3.05, 3.63) is 64.1 Å². The van der Waals surface area contributed by atoms with E-state index in [4.69, 9.17) is 0 Å². The van der Waals surface area contributed by atoms with Crippen LogP contribution in [0.2, 0.25) is 0 Å². The van der Waals surface area contributed by atoms with Crippen molar-refractivity contribution in [2.75, 3.05) is 17.2 Å². The second-order valence-electron chi connectivity index (χ2n) is 5.82. The van der Waals surface area contributed by atoms with Gasteiger partial charge in [0, 0.05) is 21.9 Å². The maximum absolute atomic E-state index is 12.1. The Bertz CT molecular complexity index is 831. The second-order valence-corrected chi connectivity index (χ2v) is 6.73. The Hall–Kier alpha value is -2.44. The van der Waals surface area contributed by atoms with Crippen molar-refractivity contribution in [2.45, 2.75) is 6.42 Å². The average Bonchev–Trinajstić information content (AvgIpc) is 2.60. The average molecular weight is 401 g/mol. The Kier molecular flexibility index (Phi) is 5.31. The number of aliphatic hydroxyl groups excluding tert-OH is 1. The molecule has 1 aliphatic heterocycles. The smallest absolute Gasteiger partial charge is 0.248 e. The second kappa shape index (κ2) is 7.63. The zero-order chi connectivity index (χ0) is 17.8. The van der Waals surface area contributed by atoms with Crippen LogP contribution in [-0.4, -0.2) is 23.5 Å². The number of benzene rings is 2. The highest BCUT2D eigenvalue weighted by Gasteiger charge is 2.25. The SMILES string of the molecule is O=C(/C=C/c1ccc(Br)cc1)Nc1ccc2c(c1)NC(=O)C(CO)C2. The molecule has 2 aromatic carbocycles. The molecule has 6 heteroatoms. The summed E-state index contributed by atoms with van der Waals surface area (Å²) < 4.78 is 0.980. The third-order valence-corrected chi connectivity index (χ3v) is 4.52. The topological polar surface area (TPSA) is 78.4 Å². The molecule has 25 heavy (non-hydrogen) atoms. The van der Waals surface area contributed by atoms with Gasteiger partial charge in [0.05, 0.1) is 12.5 Å². The molecule has 1 unspecified atom stereocenters. The van der Waals surface area contributed by atoms with Crippen molar-refractivity contribution in [1.29, 1.82) is 0 Å². The molecule has 1 atom stereocenters. The lowest BCUT2D eigenvalue weighted by atomic mass is 9.93. The van der Waals surface area contributed by atoms with Crippen molar-refractivity contribution in [3.63, 3.8) is 0 Å². The highest BCUT2D eigenvalue weighted by molar-refractivity contribution is 9.10. The molecule has 0 aliphatic carbocycles. The molecule has 0 saturated carbocycles. The first-order valence-electron chi connectivity index (χ1n) is 7.84. The molecule has 0 saturated heterocycles. The number of nitrogens with one attached hydrogen (secondary N) is 2. The minimum Gasteiger partial charge on any atom is -0.396 e. The summed E-state index contributed by atoms with van der Waals surface area (Å²) in [7, 11) is 0. The van der Waals surface area contributed by atoms with E-state index >= 15 is 0 Å². The molecule has 0 radical (unpaired) electrons. The number of carbonyl (C=O) groups excluding carboxylic acids is 2. The number of halogens is 1. The van der Waals surface area contributed by atoms with Crippen LogP contribution in [0.25, 0.3) is 6.08 Å². The van der Waals surface area contributed by atoms with Crippen LogP contribution in [0.3, 0.4) is 0 Å². The van der Waals surface area contributed by atoms with E-state index in [0.29, 0.717) is 17.8 Å². The van der Waals surface area contributed by atoms with Crippen LogP contribution in [0.4, 0.5) is 11.4 Å². The fourth-order valence-electron chi connectivity index (χ4n) is 2.62. The van der Waals surface area contributed by atoms with Crippen LogP contribution >= 0.6 is 15.9 Å². The number of fused-ring (bicyclic) bond motifs is 1. The van der Waals surface area contributed by atoms with Gasteiger partial charge in [-0.25, -0.2) is 0 Å². The molecule has 0 spiro atoms. The Morgan fingerprint density at radius 1 is 1.28 bits per heavy atom. The highest BCUT2D eigenvalue weighted by Crippen LogP contribution is 2.28. The minimum atomic E-state index is -0.415. The molecule has 1 aliphatic rings. The first-order chi connectivity index (χ1) is 12.0. The van der Waals surface area contributed by atoms with Gasteiger partial charge >= 0.3 is 0 Å². The normalized spacial score (nSPS) is 16.4. The van der Waals surface area contributed by atoms with Crippen LogP contribution in [0.15, 0.2) is 53.0 Å². The Morgan fingerprint density at radius 3 is 2.76 bits per heavy atom. The number of rotatable bonds is 4. The molecular weight excluding hydrogens is 384 g/mol. The summed E-state index contributed by atoms with van der Waals surface area (Å²) in [6.07, 6.45) is 3.69. The fraction of sp³-hybridized carbons (Fsp3) is 0.158. The summed E-state index contributed by atoms with van der Waals surface area (Å²) in [5.74, 6) is -0.867. The molecule has 0 fully saturated rings.